The van der Waals surface area contributed by atoms with Crippen LogP contribution in [-0.4, -0.2) is 37.6 Å². The first kappa shape index (κ1) is 13.8. The predicted molar refractivity (Wildman–Crippen MR) is 76.8 cm³/mol. The van der Waals surface area contributed by atoms with Gasteiger partial charge in [0.2, 0.25) is 0 Å². The fraction of sp³-hybridized carbons (Fsp3) is 0.571. The van der Waals surface area contributed by atoms with Gasteiger partial charge in [-0.05, 0) is 37.8 Å². The highest BCUT2D eigenvalue weighted by Gasteiger charge is 2.17. The maximum Gasteiger partial charge on any atom is 0.129 e. The minimum absolute atomic E-state index is 0.0844. The summed E-state index contributed by atoms with van der Waals surface area (Å²) < 4.78 is 5.50. The van der Waals surface area contributed by atoms with Crippen molar-refractivity contribution in [3.05, 3.63) is 23.4 Å². The topological polar surface area (TPSA) is 75.2 Å². The minimum atomic E-state index is 0.0844. The van der Waals surface area contributed by atoms with Crippen molar-refractivity contribution in [2.45, 2.75) is 19.8 Å². The fourth-order valence-corrected chi connectivity index (χ4v) is 2.43. The van der Waals surface area contributed by atoms with E-state index in [4.69, 9.17) is 15.9 Å². The summed E-state index contributed by atoms with van der Waals surface area (Å²) in [5, 5.41) is 7.53. The third kappa shape index (κ3) is 3.67. The van der Waals surface area contributed by atoms with Gasteiger partial charge in [0.05, 0.1) is 6.61 Å². The number of aryl methyl sites for hydroxylation is 1. The summed E-state index contributed by atoms with van der Waals surface area (Å²) in [6.45, 7) is 4.56. The van der Waals surface area contributed by atoms with E-state index in [-0.39, 0.29) is 5.84 Å². The summed E-state index contributed by atoms with van der Waals surface area (Å²) in [6, 6.07) is 3.71. The van der Waals surface area contributed by atoms with Crippen LogP contribution in [0.5, 0.6) is 0 Å². The average molecular weight is 262 g/mol. The lowest BCUT2D eigenvalue weighted by Gasteiger charge is -2.28. The summed E-state index contributed by atoms with van der Waals surface area (Å²) in [7, 11) is 2.03. The molecule has 0 spiro atoms. The maximum atomic E-state index is 7.53. The highest BCUT2D eigenvalue weighted by molar-refractivity contribution is 5.95. The zero-order chi connectivity index (χ0) is 13.8. The molecule has 0 saturated carbocycles. The van der Waals surface area contributed by atoms with Gasteiger partial charge in [0.15, 0.2) is 0 Å². The Labute approximate surface area is 114 Å². The number of nitrogen functional groups attached to an aromatic ring is 1. The van der Waals surface area contributed by atoms with Crippen molar-refractivity contribution in [2.24, 2.45) is 11.7 Å². The van der Waals surface area contributed by atoms with Crippen LogP contribution in [0, 0.1) is 18.3 Å². The molecule has 0 bridgehead atoms. The van der Waals surface area contributed by atoms with Gasteiger partial charge in [-0.15, -0.1) is 0 Å². The van der Waals surface area contributed by atoms with Gasteiger partial charge in [-0.25, -0.2) is 4.98 Å². The Hall–Kier alpha value is -1.62. The number of amidine groups is 1. The Bertz CT molecular complexity index is 455. The standard InChI is InChI=1S/C14H22N4O/c1-10-6-12(14(15)16)7-13(17-10)18(2)8-11-4-3-5-19-9-11/h6-7,11H,3-5,8-9H2,1-2H3,(H3,15,16). The van der Waals surface area contributed by atoms with E-state index in [1.54, 1.807) is 0 Å². The molecule has 0 radical (unpaired) electrons. The van der Waals surface area contributed by atoms with Gasteiger partial charge in [-0.2, -0.15) is 0 Å². The monoisotopic (exact) mass is 262 g/mol. The molecular weight excluding hydrogens is 240 g/mol. The number of hydrogen-bond acceptors (Lipinski definition) is 4. The Morgan fingerprint density at radius 2 is 2.37 bits per heavy atom. The van der Waals surface area contributed by atoms with Crippen molar-refractivity contribution in [3.8, 4) is 0 Å². The van der Waals surface area contributed by atoms with E-state index in [1.165, 1.54) is 6.42 Å². The lowest BCUT2D eigenvalue weighted by atomic mass is 10.0. The fourth-order valence-electron chi connectivity index (χ4n) is 2.43. The molecule has 1 aliphatic rings. The molecule has 2 rings (SSSR count). The number of aromatic nitrogens is 1. The molecule has 3 N–H and O–H groups in total. The molecule has 1 unspecified atom stereocenters. The number of nitrogens with two attached hydrogens (primary N) is 1. The van der Waals surface area contributed by atoms with E-state index in [0.29, 0.717) is 5.92 Å². The lowest BCUT2D eigenvalue weighted by Crippen LogP contribution is -2.31. The third-order valence-electron chi connectivity index (χ3n) is 3.43. The van der Waals surface area contributed by atoms with Crippen LogP contribution < -0.4 is 10.6 Å². The quantitative estimate of drug-likeness (QED) is 0.637. The van der Waals surface area contributed by atoms with Crippen LogP contribution in [0.3, 0.4) is 0 Å². The van der Waals surface area contributed by atoms with Gasteiger partial charge in [0.25, 0.3) is 0 Å². The molecule has 0 amide bonds. The number of nitrogens with one attached hydrogen (secondary N) is 1. The molecule has 1 aliphatic heterocycles. The van der Waals surface area contributed by atoms with Gasteiger partial charge in [0.1, 0.15) is 11.7 Å². The van der Waals surface area contributed by atoms with E-state index >= 15 is 0 Å². The average Bonchev–Trinajstić information content (AvgIpc) is 2.39. The van der Waals surface area contributed by atoms with Crippen LogP contribution >= 0.6 is 0 Å². The van der Waals surface area contributed by atoms with E-state index < -0.39 is 0 Å². The van der Waals surface area contributed by atoms with Crippen LogP contribution in [0.4, 0.5) is 5.82 Å². The lowest BCUT2D eigenvalue weighted by molar-refractivity contribution is 0.0576. The van der Waals surface area contributed by atoms with Gasteiger partial charge >= 0.3 is 0 Å². The molecule has 5 heteroatoms. The van der Waals surface area contributed by atoms with Crippen molar-refractivity contribution >= 4 is 11.7 Å². The second-order valence-electron chi connectivity index (χ2n) is 5.23. The minimum Gasteiger partial charge on any atom is -0.384 e. The van der Waals surface area contributed by atoms with E-state index in [1.807, 2.05) is 26.1 Å². The molecule has 0 aromatic carbocycles. The SMILES string of the molecule is Cc1cc(C(=N)N)cc(N(C)CC2CCCOC2)n1. The zero-order valence-corrected chi connectivity index (χ0v) is 11.6. The van der Waals surface area contributed by atoms with E-state index in [2.05, 4.69) is 9.88 Å². The maximum absolute atomic E-state index is 7.53. The third-order valence-corrected chi connectivity index (χ3v) is 3.43. The van der Waals surface area contributed by atoms with Crippen molar-refractivity contribution in [1.82, 2.24) is 4.98 Å². The predicted octanol–water partition coefficient (Wildman–Crippen LogP) is 1.54. The summed E-state index contributed by atoms with van der Waals surface area (Å²) in [5.74, 6) is 1.51. The van der Waals surface area contributed by atoms with E-state index in [9.17, 15) is 0 Å². The Morgan fingerprint density at radius 1 is 1.58 bits per heavy atom. The van der Waals surface area contributed by atoms with Crippen LogP contribution in [-0.2, 0) is 4.74 Å². The number of rotatable bonds is 4. The smallest absolute Gasteiger partial charge is 0.129 e. The number of hydrogen-bond donors (Lipinski definition) is 2. The highest BCUT2D eigenvalue weighted by Crippen LogP contribution is 2.19. The van der Waals surface area contributed by atoms with Crippen LogP contribution in [0.1, 0.15) is 24.1 Å². The molecule has 104 valence electrons. The number of anilines is 1. The second-order valence-corrected chi connectivity index (χ2v) is 5.23. The van der Waals surface area contributed by atoms with Crippen LogP contribution in [0.25, 0.3) is 0 Å². The molecule has 1 fully saturated rings. The Morgan fingerprint density at radius 3 is 3.00 bits per heavy atom. The molecule has 1 saturated heterocycles. The molecule has 1 atom stereocenters. The van der Waals surface area contributed by atoms with Gasteiger partial charge < -0.3 is 15.4 Å². The summed E-state index contributed by atoms with van der Waals surface area (Å²) in [4.78, 5) is 6.64. The van der Waals surface area contributed by atoms with Gasteiger partial charge in [0, 0.05) is 31.5 Å². The molecular formula is C14H22N4O. The first-order chi connectivity index (χ1) is 9.06. The first-order valence-corrected chi connectivity index (χ1v) is 6.68. The molecule has 0 aliphatic carbocycles. The summed E-state index contributed by atoms with van der Waals surface area (Å²) in [5.41, 5.74) is 7.17. The molecule has 19 heavy (non-hydrogen) atoms. The highest BCUT2D eigenvalue weighted by atomic mass is 16.5. The number of ether oxygens (including phenoxy) is 1. The zero-order valence-electron chi connectivity index (χ0n) is 11.6. The summed E-state index contributed by atoms with van der Waals surface area (Å²) >= 11 is 0. The molecule has 1 aromatic rings. The van der Waals surface area contributed by atoms with Crippen LogP contribution in [0.15, 0.2) is 12.1 Å². The van der Waals surface area contributed by atoms with Crippen molar-refractivity contribution in [3.63, 3.8) is 0 Å². The Balaban J connectivity index is 2.09. The summed E-state index contributed by atoms with van der Waals surface area (Å²) in [6.07, 6.45) is 2.34. The largest absolute Gasteiger partial charge is 0.384 e. The number of pyridine rings is 1. The number of nitrogens with zero attached hydrogens (tertiary/aromatic N) is 2. The van der Waals surface area contributed by atoms with Gasteiger partial charge in [-0.3, -0.25) is 5.41 Å². The van der Waals surface area contributed by atoms with Gasteiger partial charge in [-0.1, -0.05) is 0 Å². The van der Waals surface area contributed by atoms with E-state index in [0.717, 1.165) is 43.3 Å². The van der Waals surface area contributed by atoms with Crippen LogP contribution in [0.2, 0.25) is 0 Å². The van der Waals surface area contributed by atoms with Crippen molar-refractivity contribution in [2.75, 3.05) is 31.7 Å². The molecule has 2 heterocycles. The van der Waals surface area contributed by atoms with Crippen molar-refractivity contribution in [1.29, 1.82) is 5.41 Å². The normalized spacial score (nSPS) is 19.2. The molecule has 1 aromatic heterocycles. The first-order valence-electron chi connectivity index (χ1n) is 6.68. The van der Waals surface area contributed by atoms with Crippen molar-refractivity contribution < 1.29 is 4.74 Å². The second kappa shape index (κ2) is 6.02. The Kier molecular flexibility index (Phi) is 4.37. The molecule has 5 nitrogen and oxygen atoms in total.